The molecule has 0 aliphatic heterocycles. The first-order chi connectivity index (χ1) is 9.41. The number of carbonyl (C=O) groups is 2. The van der Waals surface area contributed by atoms with E-state index >= 15 is 0 Å². The van der Waals surface area contributed by atoms with Crippen LogP contribution in [0.5, 0.6) is 0 Å². The molecule has 1 aliphatic carbocycles. The number of methoxy groups -OCH3 is 1. The second kappa shape index (κ2) is 5.67. The molecule has 0 aromatic rings. The monoisotopic (exact) mass is 299 g/mol. The topological polar surface area (TPSA) is 84.9 Å². The molecule has 6 nitrogen and oxygen atoms in total. The highest BCUT2D eigenvalue weighted by Gasteiger charge is 2.53. The lowest BCUT2D eigenvalue weighted by Gasteiger charge is -2.37. The van der Waals surface area contributed by atoms with Crippen LogP contribution < -0.4 is 5.32 Å². The Balaban J connectivity index is 2.80. The first kappa shape index (κ1) is 17.5. The minimum Gasteiger partial charge on any atom is -0.468 e. The van der Waals surface area contributed by atoms with Gasteiger partial charge in [-0.1, -0.05) is 12.2 Å². The summed E-state index contributed by atoms with van der Waals surface area (Å²) < 4.78 is 9.98. The number of aliphatic hydroxyl groups is 1. The lowest BCUT2D eigenvalue weighted by atomic mass is 9.73. The third-order valence-corrected chi connectivity index (χ3v) is 3.50. The van der Waals surface area contributed by atoms with Crippen molar-refractivity contribution in [3.05, 3.63) is 12.2 Å². The number of amides is 1. The third-order valence-electron chi connectivity index (χ3n) is 3.50. The molecular formula is C15H25NO5. The number of hydrogen-bond acceptors (Lipinski definition) is 5. The zero-order chi connectivity index (χ0) is 16.5. The van der Waals surface area contributed by atoms with Gasteiger partial charge in [-0.25, -0.2) is 4.79 Å². The fourth-order valence-electron chi connectivity index (χ4n) is 2.36. The van der Waals surface area contributed by atoms with E-state index in [-0.39, 0.29) is 6.42 Å². The molecule has 0 heterocycles. The standard InChI is InChI=1S/C15H25NO5/c1-13(2,3)21-12(18)16-10-7-8-15(9-10,11(17)20-6)14(4,5)19/h7-8,10,19H,9H2,1-6H3,(H,16,18)/t10-,15?/m1/s1. The molecule has 6 heteroatoms. The van der Waals surface area contributed by atoms with E-state index in [2.05, 4.69) is 5.32 Å². The molecule has 2 N–H and O–H groups in total. The van der Waals surface area contributed by atoms with Crippen LogP contribution in [-0.4, -0.2) is 41.5 Å². The van der Waals surface area contributed by atoms with Gasteiger partial charge in [-0.2, -0.15) is 0 Å². The summed E-state index contributed by atoms with van der Waals surface area (Å²) in [6.45, 7) is 8.40. The molecule has 1 aliphatic rings. The van der Waals surface area contributed by atoms with Crippen molar-refractivity contribution in [2.24, 2.45) is 5.41 Å². The Labute approximate surface area is 125 Å². The van der Waals surface area contributed by atoms with E-state index in [0.29, 0.717) is 0 Å². The van der Waals surface area contributed by atoms with E-state index in [1.165, 1.54) is 7.11 Å². The Bertz CT molecular complexity index is 444. The van der Waals surface area contributed by atoms with E-state index in [9.17, 15) is 14.7 Å². The zero-order valence-electron chi connectivity index (χ0n) is 13.5. The smallest absolute Gasteiger partial charge is 0.408 e. The van der Waals surface area contributed by atoms with Crippen LogP contribution in [0.15, 0.2) is 12.2 Å². The third kappa shape index (κ3) is 3.97. The summed E-state index contributed by atoms with van der Waals surface area (Å²) >= 11 is 0. The molecule has 0 fully saturated rings. The number of rotatable bonds is 3. The molecule has 1 unspecified atom stereocenters. The van der Waals surface area contributed by atoms with Gasteiger partial charge in [0, 0.05) is 0 Å². The van der Waals surface area contributed by atoms with Crippen molar-refractivity contribution in [3.63, 3.8) is 0 Å². The van der Waals surface area contributed by atoms with Gasteiger partial charge in [-0.15, -0.1) is 0 Å². The Morgan fingerprint density at radius 2 is 1.86 bits per heavy atom. The fourth-order valence-corrected chi connectivity index (χ4v) is 2.36. The summed E-state index contributed by atoms with van der Waals surface area (Å²) in [6, 6.07) is -0.398. The van der Waals surface area contributed by atoms with Crippen molar-refractivity contribution in [2.45, 2.75) is 58.3 Å². The van der Waals surface area contributed by atoms with Gasteiger partial charge in [-0.3, -0.25) is 4.79 Å². The molecule has 1 rings (SSSR count). The first-order valence-corrected chi connectivity index (χ1v) is 6.91. The van der Waals surface area contributed by atoms with Crippen LogP contribution in [0.2, 0.25) is 0 Å². The highest BCUT2D eigenvalue weighted by molar-refractivity contribution is 5.82. The maximum absolute atomic E-state index is 12.1. The summed E-state index contributed by atoms with van der Waals surface area (Å²) in [4.78, 5) is 23.8. The van der Waals surface area contributed by atoms with Gasteiger partial charge in [0.2, 0.25) is 0 Å². The Kier molecular flexibility index (Phi) is 4.73. The Morgan fingerprint density at radius 1 is 1.29 bits per heavy atom. The molecule has 0 spiro atoms. The van der Waals surface area contributed by atoms with Crippen molar-refractivity contribution in [2.75, 3.05) is 7.11 Å². The van der Waals surface area contributed by atoms with Gasteiger partial charge >= 0.3 is 12.1 Å². The van der Waals surface area contributed by atoms with Crippen LogP contribution in [-0.2, 0) is 14.3 Å². The van der Waals surface area contributed by atoms with Crippen LogP contribution in [0.3, 0.4) is 0 Å². The Morgan fingerprint density at radius 3 is 2.29 bits per heavy atom. The van der Waals surface area contributed by atoms with E-state index in [1.54, 1.807) is 46.8 Å². The SMILES string of the molecule is COC(=O)C1(C(C)(C)O)C=C[C@@H](NC(=O)OC(C)(C)C)C1. The van der Waals surface area contributed by atoms with Crippen LogP contribution in [0, 0.1) is 5.41 Å². The second-order valence-electron chi connectivity index (χ2n) is 6.84. The summed E-state index contributed by atoms with van der Waals surface area (Å²) in [5.41, 5.74) is -3.08. The van der Waals surface area contributed by atoms with Gasteiger partial charge in [0.05, 0.1) is 18.8 Å². The molecule has 120 valence electrons. The van der Waals surface area contributed by atoms with Gasteiger partial charge in [0.15, 0.2) is 0 Å². The predicted molar refractivity (Wildman–Crippen MR) is 77.7 cm³/mol. The minimum absolute atomic E-state index is 0.225. The number of nitrogens with one attached hydrogen (secondary N) is 1. The van der Waals surface area contributed by atoms with Crippen molar-refractivity contribution in [1.82, 2.24) is 5.32 Å². The van der Waals surface area contributed by atoms with Crippen LogP contribution >= 0.6 is 0 Å². The van der Waals surface area contributed by atoms with E-state index < -0.39 is 34.7 Å². The van der Waals surface area contributed by atoms with E-state index in [1.807, 2.05) is 0 Å². The molecule has 0 aromatic heterocycles. The maximum atomic E-state index is 12.1. The number of hydrogen-bond donors (Lipinski definition) is 2. The largest absolute Gasteiger partial charge is 0.468 e. The maximum Gasteiger partial charge on any atom is 0.408 e. The van der Waals surface area contributed by atoms with Crippen molar-refractivity contribution < 1.29 is 24.2 Å². The predicted octanol–water partition coefficient (Wildman–Crippen LogP) is 1.77. The molecule has 0 aromatic carbocycles. The van der Waals surface area contributed by atoms with Crippen LogP contribution in [0.1, 0.15) is 41.0 Å². The molecular weight excluding hydrogens is 274 g/mol. The average molecular weight is 299 g/mol. The summed E-state index contributed by atoms with van der Waals surface area (Å²) in [5.74, 6) is -0.528. The highest BCUT2D eigenvalue weighted by Crippen LogP contribution is 2.43. The number of carbonyl (C=O) groups excluding carboxylic acids is 2. The number of ether oxygens (including phenoxy) is 2. The minimum atomic E-state index is -1.30. The van der Waals surface area contributed by atoms with Crippen molar-refractivity contribution in [1.29, 1.82) is 0 Å². The Hall–Kier alpha value is -1.56. The lowest BCUT2D eigenvalue weighted by molar-refractivity contribution is -0.162. The van der Waals surface area contributed by atoms with Gasteiger partial charge in [0.25, 0.3) is 0 Å². The normalized spacial score (nSPS) is 25.6. The first-order valence-electron chi connectivity index (χ1n) is 6.91. The zero-order valence-corrected chi connectivity index (χ0v) is 13.5. The lowest BCUT2D eigenvalue weighted by Crippen LogP contribution is -2.50. The molecule has 2 atom stereocenters. The second-order valence-corrected chi connectivity index (χ2v) is 6.84. The fraction of sp³-hybridized carbons (Fsp3) is 0.733. The molecule has 0 saturated carbocycles. The molecule has 1 amide bonds. The molecule has 0 bridgehead atoms. The summed E-state index contributed by atoms with van der Waals surface area (Å²) in [7, 11) is 1.28. The summed E-state index contributed by atoms with van der Waals surface area (Å²) in [5, 5.41) is 13.0. The van der Waals surface area contributed by atoms with Crippen molar-refractivity contribution >= 4 is 12.1 Å². The average Bonchev–Trinajstić information content (AvgIpc) is 2.69. The van der Waals surface area contributed by atoms with Gasteiger partial charge in [-0.05, 0) is 41.0 Å². The highest BCUT2D eigenvalue weighted by atomic mass is 16.6. The molecule has 0 saturated heterocycles. The quantitative estimate of drug-likeness (QED) is 0.613. The van der Waals surface area contributed by atoms with E-state index in [4.69, 9.17) is 9.47 Å². The molecule has 21 heavy (non-hydrogen) atoms. The van der Waals surface area contributed by atoms with Gasteiger partial charge < -0.3 is 19.9 Å². The number of esters is 1. The van der Waals surface area contributed by atoms with Crippen molar-refractivity contribution in [3.8, 4) is 0 Å². The van der Waals surface area contributed by atoms with Gasteiger partial charge in [0.1, 0.15) is 11.0 Å². The van der Waals surface area contributed by atoms with Crippen LogP contribution in [0.25, 0.3) is 0 Å². The van der Waals surface area contributed by atoms with E-state index in [0.717, 1.165) is 0 Å². The van der Waals surface area contributed by atoms with Crippen LogP contribution in [0.4, 0.5) is 4.79 Å². The number of alkyl carbamates (subject to hydrolysis) is 1. The molecule has 0 radical (unpaired) electrons. The summed E-state index contributed by atoms with van der Waals surface area (Å²) in [6.07, 6.45) is 2.94.